The molecule has 0 aromatic carbocycles. The van der Waals surface area contributed by atoms with Crippen molar-refractivity contribution in [3.05, 3.63) is 23.9 Å². The van der Waals surface area contributed by atoms with Crippen LogP contribution in [0, 0.1) is 0 Å². The molecule has 0 aliphatic rings. The molecular formula is C8H6N2O3. The van der Waals surface area contributed by atoms with Crippen molar-refractivity contribution in [3.8, 4) is 0 Å². The van der Waals surface area contributed by atoms with Crippen molar-refractivity contribution in [2.75, 3.05) is 7.11 Å². The largest absolute Gasteiger partial charge is 0.465 e. The monoisotopic (exact) mass is 178 g/mol. The number of ether oxygens (including phenoxy) is 1. The topological polar surface area (TPSA) is 68.6 Å². The molecule has 5 heteroatoms. The van der Waals surface area contributed by atoms with Crippen molar-refractivity contribution < 1.29 is 14.3 Å². The Labute approximate surface area is 74.1 Å². The average Bonchev–Trinajstić information content (AvgIpc) is 2.18. The highest BCUT2D eigenvalue weighted by Gasteiger charge is 2.10. The van der Waals surface area contributed by atoms with Crippen LogP contribution in [-0.2, 0) is 9.53 Å². The smallest absolute Gasteiger partial charge is 0.341 e. The first-order valence-electron chi connectivity index (χ1n) is 3.40. The van der Waals surface area contributed by atoms with Gasteiger partial charge in [-0.25, -0.2) is 14.6 Å². The number of methoxy groups -OCH3 is 1. The number of pyridine rings is 1. The van der Waals surface area contributed by atoms with Gasteiger partial charge in [0.15, 0.2) is 5.82 Å². The van der Waals surface area contributed by atoms with E-state index in [0.717, 1.165) is 0 Å². The summed E-state index contributed by atoms with van der Waals surface area (Å²) in [7, 11) is 1.24. The summed E-state index contributed by atoms with van der Waals surface area (Å²) < 4.78 is 4.45. The second-order valence-corrected chi connectivity index (χ2v) is 2.07. The first kappa shape index (κ1) is 9.09. The number of isocyanates is 1. The Bertz CT molecular complexity index is 369. The molecule has 0 radical (unpaired) electrons. The Hall–Kier alpha value is -2.00. The molecule has 0 spiro atoms. The van der Waals surface area contributed by atoms with E-state index in [0.29, 0.717) is 0 Å². The molecule has 0 bridgehead atoms. The van der Waals surface area contributed by atoms with Gasteiger partial charge in [0, 0.05) is 6.20 Å². The molecule has 1 aromatic heterocycles. The first-order valence-corrected chi connectivity index (χ1v) is 3.40. The predicted octanol–water partition coefficient (Wildman–Crippen LogP) is 0.835. The molecule has 0 fully saturated rings. The highest BCUT2D eigenvalue weighted by molar-refractivity contribution is 5.94. The lowest BCUT2D eigenvalue weighted by Crippen LogP contribution is -2.01. The number of nitrogens with zero attached hydrogens (tertiary/aromatic N) is 2. The molecule has 0 unspecified atom stereocenters. The van der Waals surface area contributed by atoms with Gasteiger partial charge >= 0.3 is 5.97 Å². The molecule has 0 aliphatic heterocycles. The maximum absolute atomic E-state index is 11.1. The van der Waals surface area contributed by atoms with Gasteiger partial charge in [-0.05, 0) is 12.1 Å². The standard InChI is InChI=1S/C8H6N2O3/c1-13-8(12)6-3-2-4-9-7(6)10-5-11/h2-4H,1H3. The van der Waals surface area contributed by atoms with Crippen molar-refractivity contribution in [1.29, 1.82) is 0 Å². The maximum Gasteiger partial charge on any atom is 0.341 e. The second kappa shape index (κ2) is 4.13. The van der Waals surface area contributed by atoms with E-state index in [-0.39, 0.29) is 11.4 Å². The maximum atomic E-state index is 11.1. The van der Waals surface area contributed by atoms with Gasteiger partial charge in [0.1, 0.15) is 5.56 Å². The van der Waals surface area contributed by atoms with Crippen LogP contribution in [0.3, 0.4) is 0 Å². The Morgan fingerprint density at radius 3 is 3.08 bits per heavy atom. The highest BCUT2D eigenvalue weighted by atomic mass is 16.5. The summed E-state index contributed by atoms with van der Waals surface area (Å²) in [5.74, 6) is -0.563. The molecule has 0 saturated carbocycles. The van der Waals surface area contributed by atoms with E-state index in [1.54, 1.807) is 6.07 Å². The van der Waals surface area contributed by atoms with Gasteiger partial charge in [0.2, 0.25) is 6.08 Å². The summed E-state index contributed by atoms with van der Waals surface area (Å²) in [6, 6.07) is 3.02. The molecular weight excluding hydrogens is 172 g/mol. The van der Waals surface area contributed by atoms with Crippen LogP contribution in [-0.4, -0.2) is 24.1 Å². The number of hydrogen-bond donors (Lipinski definition) is 0. The molecule has 1 heterocycles. The van der Waals surface area contributed by atoms with Gasteiger partial charge in [0.05, 0.1) is 7.11 Å². The predicted molar refractivity (Wildman–Crippen MR) is 43.4 cm³/mol. The van der Waals surface area contributed by atoms with Crippen LogP contribution in [0.2, 0.25) is 0 Å². The van der Waals surface area contributed by atoms with Gasteiger partial charge in [-0.1, -0.05) is 0 Å². The number of rotatable bonds is 2. The molecule has 0 atom stereocenters. The highest BCUT2D eigenvalue weighted by Crippen LogP contribution is 2.14. The fourth-order valence-electron chi connectivity index (χ4n) is 0.799. The summed E-state index contributed by atoms with van der Waals surface area (Å²) in [6.45, 7) is 0. The van der Waals surface area contributed by atoms with Crippen molar-refractivity contribution in [2.45, 2.75) is 0 Å². The number of esters is 1. The number of aliphatic imine (C=N–C) groups is 1. The molecule has 13 heavy (non-hydrogen) atoms. The third kappa shape index (κ3) is 1.98. The number of carbonyl (C=O) groups is 1. The van der Waals surface area contributed by atoms with E-state index in [1.165, 1.54) is 25.5 Å². The average molecular weight is 178 g/mol. The van der Waals surface area contributed by atoms with Crippen LogP contribution in [0.4, 0.5) is 5.82 Å². The minimum absolute atomic E-state index is 0.0179. The zero-order valence-corrected chi connectivity index (χ0v) is 6.85. The minimum Gasteiger partial charge on any atom is -0.465 e. The van der Waals surface area contributed by atoms with Gasteiger partial charge < -0.3 is 4.74 Å². The van der Waals surface area contributed by atoms with Crippen LogP contribution in [0.5, 0.6) is 0 Å². The van der Waals surface area contributed by atoms with E-state index in [4.69, 9.17) is 0 Å². The van der Waals surface area contributed by atoms with Crippen LogP contribution in [0.1, 0.15) is 10.4 Å². The summed E-state index contributed by atoms with van der Waals surface area (Å²) >= 11 is 0. The van der Waals surface area contributed by atoms with Crippen molar-refractivity contribution in [1.82, 2.24) is 4.98 Å². The first-order chi connectivity index (χ1) is 6.29. The quantitative estimate of drug-likeness (QED) is 0.382. The van der Waals surface area contributed by atoms with Crippen molar-refractivity contribution in [3.63, 3.8) is 0 Å². The molecule has 0 saturated heterocycles. The fourth-order valence-corrected chi connectivity index (χ4v) is 0.799. The Balaban J connectivity index is 3.18. The van der Waals surface area contributed by atoms with Gasteiger partial charge in [-0.15, -0.1) is 4.99 Å². The van der Waals surface area contributed by atoms with Crippen LogP contribution in [0.15, 0.2) is 23.3 Å². The van der Waals surface area contributed by atoms with Gasteiger partial charge in [0.25, 0.3) is 0 Å². The third-order valence-electron chi connectivity index (χ3n) is 1.34. The fraction of sp³-hybridized carbons (Fsp3) is 0.125. The Kier molecular flexibility index (Phi) is 2.89. The normalized spacial score (nSPS) is 8.69. The second-order valence-electron chi connectivity index (χ2n) is 2.07. The minimum atomic E-state index is -0.581. The van der Waals surface area contributed by atoms with Crippen molar-refractivity contribution >= 4 is 17.9 Å². The molecule has 1 rings (SSSR count). The van der Waals surface area contributed by atoms with E-state index in [2.05, 4.69) is 14.7 Å². The number of aromatic nitrogens is 1. The lowest BCUT2D eigenvalue weighted by atomic mass is 10.2. The van der Waals surface area contributed by atoms with Crippen LogP contribution in [0.25, 0.3) is 0 Å². The molecule has 0 aliphatic carbocycles. The molecule has 0 N–H and O–H groups in total. The summed E-state index contributed by atoms with van der Waals surface area (Å²) in [5.41, 5.74) is 0.147. The van der Waals surface area contributed by atoms with Crippen LogP contribution >= 0.6 is 0 Å². The molecule has 5 nitrogen and oxygen atoms in total. The van der Waals surface area contributed by atoms with Gasteiger partial charge in [-0.3, -0.25) is 0 Å². The molecule has 1 aromatic rings. The lowest BCUT2D eigenvalue weighted by molar-refractivity contribution is 0.0601. The van der Waals surface area contributed by atoms with Crippen LogP contribution < -0.4 is 0 Å². The van der Waals surface area contributed by atoms with E-state index in [1.807, 2.05) is 0 Å². The third-order valence-corrected chi connectivity index (χ3v) is 1.34. The molecule has 0 amide bonds. The van der Waals surface area contributed by atoms with Gasteiger partial charge in [-0.2, -0.15) is 0 Å². The summed E-state index contributed by atoms with van der Waals surface area (Å²) in [5, 5.41) is 0. The number of hydrogen-bond acceptors (Lipinski definition) is 5. The Morgan fingerprint density at radius 1 is 1.69 bits per heavy atom. The molecule has 66 valence electrons. The number of carbonyl (C=O) groups excluding carboxylic acids is 2. The zero-order chi connectivity index (χ0) is 9.68. The lowest BCUT2D eigenvalue weighted by Gasteiger charge is -1.99. The zero-order valence-electron chi connectivity index (χ0n) is 6.85. The summed E-state index contributed by atoms with van der Waals surface area (Å²) in [4.78, 5) is 28.0. The summed E-state index contributed by atoms with van der Waals surface area (Å²) in [6.07, 6.45) is 2.73. The van der Waals surface area contributed by atoms with E-state index >= 15 is 0 Å². The SMILES string of the molecule is COC(=O)c1cccnc1N=C=O. The van der Waals surface area contributed by atoms with E-state index < -0.39 is 5.97 Å². The Morgan fingerprint density at radius 2 is 2.46 bits per heavy atom. The van der Waals surface area contributed by atoms with Crippen molar-refractivity contribution in [2.24, 2.45) is 4.99 Å². The van der Waals surface area contributed by atoms with E-state index in [9.17, 15) is 9.59 Å².